The van der Waals surface area contributed by atoms with Gasteiger partial charge in [0.05, 0.1) is 19.2 Å². The predicted molar refractivity (Wildman–Crippen MR) is 112 cm³/mol. The van der Waals surface area contributed by atoms with Gasteiger partial charge in [-0.25, -0.2) is 4.68 Å². The number of benzene rings is 2. The maximum atomic E-state index is 13.1. The Balaban J connectivity index is 1.80. The minimum Gasteiger partial charge on any atom is -0.497 e. The molecule has 6 heteroatoms. The fourth-order valence-electron chi connectivity index (χ4n) is 3.99. The maximum absolute atomic E-state index is 13.1. The van der Waals surface area contributed by atoms with Crippen LogP contribution in [0, 0.1) is 6.92 Å². The highest BCUT2D eigenvalue weighted by atomic mass is 16.5. The van der Waals surface area contributed by atoms with E-state index in [2.05, 4.69) is 41.3 Å². The molecule has 6 nitrogen and oxygen atoms in total. The van der Waals surface area contributed by atoms with Gasteiger partial charge in [0.15, 0.2) is 0 Å². The van der Waals surface area contributed by atoms with Crippen LogP contribution in [0.4, 0.5) is 5.95 Å². The zero-order chi connectivity index (χ0) is 20.4. The van der Waals surface area contributed by atoms with Gasteiger partial charge in [0.2, 0.25) is 11.9 Å². The first-order chi connectivity index (χ1) is 14.1. The molecule has 29 heavy (non-hydrogen) atoms. The number of methoxy groups -OCH3 is 1. The number of nitrogens with zero attached hydrogens (tertiary/aromatic N) is 4. The van der Waals surface area contributed by atoms with Gasteiger partial charge < -0.3 is 4.74 Å². The molecule has 2 aromatic carbocycles. The van der Waals surface area contributed by atoms with Gasteiger partial charge in [-0.2, -0.15) is 10.1 Å². The maximum Gasteiger partial charge on any atom is 0.231 e. The molecule has 0 bridgehead atoms. The molecule has 0 saturated heterocycles. The van der Waals surface area contributed by atoms with E-state index in [0.717, 1.165) is 24.2 Å². The lowest BCUT2D eigenvalue weighted by Gasteiger charge is -2.39. The van der Waals surface area contributed by atoms with Gasteiger partial charge in [-0.15, -0.1) is 0 Å². The van der Waals surface area contributed by atoms with Crippen LogP contribution in [0.1, 0.15) is 55.0 Å². The van der Waals surface area contributed by atoms with Crippen LogP contribution < -0.4 is 9.64 Å². The zero-order valence-electron chi connectivity index (χ0n) is 17.1. The second kappa shape index (κ2) is 8.07. The van der Waals surface area contributed by atoms with E-state index in [1.807, 2.05) is 40.8 Å². The first-order valence-corrected chi connectivity index (χ1v) is 10.0. The molecular formula is C23H26N4O2. The molecule has 1 aliphatic heterocycles. The molecule has 2 atom stereocenters. The average molecular weight is 390 g/mol. The standard InChI is InChI=1S/C23H26N4O2/c1-4-5-22(28)26-20(17-10-12-19(29-3)13-11-17)14-21(27-23(26)24-15-25-27)18-8-6-16(2)7-9-18/h6-13,15,20-21H,4-5,14H2,1-3H3. The summed E-state index contributed by atoms with van der Waals surface area (Å²) in [6, 6.07) is 16.4. The van der Waals surface area contributed by atoms with Crippen LogP contribution in [0.25, 0.3) is 0 Å². The van der Waals surface area contributed by atoms with E-state index in [1.54, 1.807) is 13.4 Å². The number of carbonyl (C=O) groups is 1. The summed E-state index contributed by atoms with van der Waals surface area (Å²) in [4.78, 5) is 19.4. The van der Waals surface area contributed by atoms with E-state index in [0.29, 0.717) is 12.4 Å². The van der Waals surface area contributed by atoms with Crippen molar-refractivity contribution in [3.05, 3.63) is 71.5 Å². The van der Waals surface area contributed by atoms with Crippen LogP contribution in [-0.2, 0) is 4.79 Å². The van der Waals surface area contributed by atoms with Crippen LogP contribution in [0.2, 0.25) is 0 Å². The summed E-state index contributed by atoms with van der Waals surface area (Å²) < 4.78 is 7.20. The van der Waals surface area contributed by atoms with Crippen LogP contribution >= 0.6 is 0 Å². The highest BCUT2D eigenvalue weighted by molar-refractivity contribution is 5.92. The van der Waals surface area contributed by atoms with Crippen molar-refractivity contribution in [3.63, 3.8) is 0 Å². The highest BCUT2D eigenvalue weighted by Gasteiger charge is 2.38. The SMILES string of the molecule is CCCC(=O)N1c2ncnn2C(c2ccc(C)cc2)CC1c1ccc(OC)cc1. The molecule has 0 N–H and O–H groups in total. The molecule has 2 heterocycles. The Kier molecular flexibility index (Phi) is 5.34. The van der Waals surface area contributed by atoms with Crippen molar-refractivity contribution in [2.24, 2.45) is 0 Å². The van der Waals surface area contributed by atoms with Crippen molar-refractivity contribution in [1.29, 1.82) is 0 Å². The fourth-order valence-corrected chi connectivity index (χ4v) is 3.99. The normalized spacial score (nSPS) is 18.4. The third-order valence-corrected chi connectivity index (χ3v) is 5.52. The number of fused-ring (bicyclic) bond motifs is 1. The van der Waals surface area contributed by atoms with Crippen molar-refractivity contribution in [2.45, 2.75) is 45.2 Å². The third-order valence-electron chi connectivity index (χ3n) is 5.52. The molecule has 1 amide bonds. The topological polar surface area (TPSA) is 60.2 Å². The summed E-state index contributed by atoms with van der Waals surface area (Å²) in [5.41, 5.74) is 3.46. The summed E-state index contributed by atoms with van der Waals surface area (Å²) in [7, 11) is 1.66. The van der Waals surface area contributed by atoms with Crippen molar-refractivity contribution < 1.29 is 9.53 Å². The van der Waals surface area contributed by atoms with Crippen LogP contribution in [0.15, 0.2) is 54.9 Å². The van der Waals surface area contributed by atoms with Crippen LogP contribution in [0.5, 0.6) is 5.75 Å². The van der Waals surface area contributed by atoms with Crippen molar-refractivity contribution in [1.82, 2.24) is 14.8 Å². The molecule has 1 aromatic heterocycles. The Hall–Kier alpha value is -3.15. The lowest BCUT2D eigenvalue weighted by Crippen LogP contribution is -2.42. The molecule has 2 unspecified atom stereocenters. The number of hydrogen-bond acceptors (Lipinski definition) is 4. The number of amides is 1. The van der Waals surface area contributed by atoms with Gasteiger partial charge in [-0.05, 0) is 43.0 Å². The molecule has 4 rings (SSSR count). The van der Waals surface area contributed by atoms with Crippen molar-refractivity contribution in [3.8, 4) is 5.75 Å². The Morgan fingerprint density at radius 2 is 1.72 bits per heavy atom. The number of rotatable bonds is 5. The molecular weight excluding hydrogens is 364 g/mol. The minimum absolute atomic E-state index is 0.0193. The van der Waals surface area contributed by atoms with Crippen molar-refractivity contribution in [2.75, 3.05) is 12.0 Å². The summed E-state index contributed by atoms with van der Waals surface area (Å²) in [6.07, 6.45) is 3.55. The summed E-state index contributed by atoms with van der Waals surface area (Å²) in [5, 5.41) is 4.48. The highest BCUT2D eigenvalue weighted by Crippen LogP contribution is 2.42. The monoisotopic (exact) mass is 390 g/mol. The van der Waals surface area contributed by atoms with Gasteiger partial charge in [-0.3, -0.25) is 9.69 Å². The molecule has 0 saturated carbocycles. The minimum atomic E-state index is -0.108. The average Bonchev–Trinajstić information content (AvgIpc) is 3.23. The van der Waals surface area contributed by atoms with E-state index in [-0.39, 0.29) is 18.0 Å². The third kappa shape index (κ3) is 3.62. The second-order valence-corrected chi connectivity index (χ2v) is 7.47. The number of anilines is 1. The first-order valence-electron chi connectivity index (χ1n) is 10.0. The van der Waals surface area contributed by atoms with Crippen LogP contribution in [-0.4, -0.2) is 27.8 Å². The molecule has 0 fully saturated rings. The molecule has 150 valence electrons. The molecule has 3 aromatic rings. The van der Waals surface area contributed by atoms with E-state index < -0.39 is 0 Å². The van der Waals surface area contributed by atoms with Gasteiger partial charge in [0, 0.05) is 6.42 Å². The predicted octanol–water partition coefficient (Wildman–Crippen LogP) is 4.46. The molecule has 0 aliphatic carbocycles. The van der Waals surface area contributed by atoms with E-state index in [1.165, 1.54) is 11.1 Å². The second-order valence-electron chi connectivity index (χ2n) is 7.47. The zero-order valence-corrected chi connectivity index (χ0v) is 17.1. The molecule has 0 spiro atoms. The number of aryl methyl sites for hydroxylation is 1. The van der Waals surface area contributed by atoms with E-state index in [9.17, 15) is 4.79 Å². The number of hydrogen-bond donors (Lipinski definition) is 0. The first kappa shape index (κ1) is 19.2. The van der Waals surface area contributed by atoms with Crippen LogP contribution in [0.3, 0.4) is 0 Å². The van der Waals surface area contributed by atoms with E-state index >= 15 is 0 Å². The lowest BCUT2D eigenvalue weighted by atomic mass is 9.91. The van der Waals surface area contributed by atoms with Gasteiger partial charge in [0.25, 0.3) is 0 Å². The van der Waals surface area contributed by atoms with Gasteiger partial charge >= 0.3 is 0 Å². The summed E-state index contributed by atoms with van der Waals surface area (Å²) in [6.45, 7) is 4.10. The Bertz CT molecular complexity index is 979. The quantitative estimate of drug-likeness (QED) is 0.645. The summed E-state index contributed by atoms with van der Waals surface area (Å²) >= 11 is 0. The largest absolute Gasteiger partial charge is 0.497 e. The number of carbonyl (C=O) groups excluding carboxylic acids is 1. The number of ether oxygens (including phenoxy) is 1. The van der Waals surface area contributed by atoms with E-state index in [4.69, 9.17) is 4.74 Å². The molecule has 0 radical (unpaired) electrons. The molecule has 1 aliphatic rings. The summed E-state index contributed by atoms with van der Waals surface area (Å²) in [5.74, 6) is 1.49. The number of aromatic nitrogens is 3. The Morgan fingerprint density at radius 3 is 2.38 bits per heavy atom. The smallest absolute Gasteiger partial charge is 0.231 e. The fraction of sp³-hybridized carbons (Fsp3) is 0.348. The van der Waals surface area contributed by atoms with Gasteiger partial charge in [-0.1, -0.05) is 48.9 Å². The lowest BCUT2D eigenvalue weighted by molar-refractivity contribution is -0.119. The Labute approximate surface area is 171 Å². The van der Waals surface area contributed by atoms with Gasteiger partial charge in [0.1, 0.15) is 12.1 Å². The Morgan fingerprint density at radius 1 is 1.07 bits per heavy atom. The van der Waals surface area contributed by atoms with Crippen molar-refractivity contribution >= 4 is 11.9 Å².